The third-order valence-corrected chi connectivity index (χ3v) is 2.45. The van der Waals surface area contributed by atoms with E-state index < -0.39 is 11.6 Å². The van der Waals surface area contributed by atoms with Crippen molar-refractivity contribution in [2.45, 2.75) is 12.5 Å². The molecule has 16 heavy (non-hydrogen) atoms. The molecule has 84 valence electrons. The summed E-state index contributed by atoms with van der Waals surface area (Å²) >= 11 is 0. The Morgan fingerprint density at radius 3 is 2.81 bits per heavy atom. The summed E-state index contributed by atoms with van der Waals surface area (Å²) in [5.41, 5.74) is -0.311. The van der Waals surface area contributed by atoms with Crippen LogP contribution in [-0.2, 0) is 0 Å². The summed E-state index contributed by atoms with van der Waals surface area (Å²) in [4.78, 5) is 0. The van der Waals surface area contributed by atoms with E-state index in [1.807, 2.05) is 0 Å². The minimum absolute atomic E-state index is 0.134. The van der Waals surface area contributed by atoms with Crippen molar-refractivity contribution >= 4 is 0 Å². The van der Waals surface area contributed by atoms with E-state index in [0.29, 0.717) is 6.54 Å². The predicted molar refractivity (Wildman–Crippen MR) is 53.0 cm³/mol. The lowest BCUT2D eigenvalue weighted by Crippen LogP contribution is -2.20. The van der Waals surface area contributed by atoms with Gasteiger partial charge in [0.2, 0.25) is 0 Å². The van der Waals surface area contributed by atoms with Crippen molar-refractivity contribution in [1.82, 2.24) is 5.32 Å². The Bertz CT molecular complexity index is 436. The molecule has 0 unspecified atom stereocenters. The fourth-order valence-electron chi connectivity index (χ4n) is 1.61. The van der Waals surface area contributed by atoms with Gasteiger partial charge in [-0.3, -0.25) is 0 Å². The molecule has 0 spiro atoms. The SMILES string of the molecule is N#Cc1cc(F)c(O[C@@H]2CCNC2)cc1F. The maximum absolute atomic E-state index is 13.4. The van der Waals surface area contributed by atoms with Crippen LogP contribution in [0.2, 0.25) is 0 Å². The first-order valence-corrected chi connectivity index (χ1v) is 4.97. The minimum atomic E-state index is -0.759. The van der Waals surface area contributed by atoms with Gasteiger partial charge in [0.25, 0.3) is 0 Å². The van der Waals surface area contributed by atoms with Gasteiger partial charge >= 0.3 is 0 Å². The van der Waals surface area contributed by atoms with Crippen LogP contribution in [0.15, 0.2) is 12.1 Å². The highest BCUT2D eigenvalue weighted by molar-refractivity contribution is 5.37. The highest BCUT2D eigenvalue weighted by Crippen LogP contribution is 2.23. The zero-order valence-corrected chi connectivity index (χ0v) is 8.46. The lowest BCUT2D eigenvalue weighted by molar-refractivity contribution is 0.212. The van der Waals surface area contributed by atoms with E-state index >= 15 is 0 Å². The molecular weight excluding hydrogens is 214 g/mol. The number of nitrogens with one attached hydrogen (secondary N) is 1. The van der Waals surface area contributed by atoms with Gasteiger partial charge in [-0.2, -0.15) is 5.26 Å². The van der Waals surface area contributed by atoms with E-state index in [0.717, 1.165) is 25.1 Å². The lowest BCUT2D eigenvalue weighted by Gasteiger charge is -2.13. The maximum Gasteiger partial charge on any atom is 0.166 e. The smallest absolute Gasteiger partial charge is 0.166 e. The van der Waals surface area contributed by atoms with Crippen LogP contribution in [-0.4, -0.2) is 19.2 Å². The Morgan fingerprint density at radius 1 is 1.38 bits per heavy atom. The molecule has 1 saturated heterocycles. The molecule has 2 rings (SSSR count). The molecule has 1 heterocycles. The highest BCUT2D eigenvalue weighted by atomic mass is 19.1. The third kappa shape index (κ3) is 2.12. The van der Waals surface area contributed by atoms with Gasteiger partial charge in [-0.25, -0.2) is 8.78 Å². The maximum atomic E-state index is 13.4. The molecule has 1 N–H and O–H groups in total. The second-order valence-corrected chi connectivity index (χ2v) is 3.61. The van der Waals surface area contributed by atoms with Gasteiger partial charge in [0.05, 0.1) is 5.56 Å². The summed E-state index contributed by atoms with van der Waals surface area (Å²) in [6, 6.07) is 3.35. The number of rotatable bonds is 2. The van der Waals surface area contributed by atoms with E-state index in [9.17, 15) is 8.78 Å². The van der Waals surface area contributed by atoms with Crippen LogP contribution in [0.1, 0.15) is 12.0 Å². The molecule has 1 aliphatic rings. The number of hydrogen-bond donors (Lipinski definition) is 1. The van der Waals surface area contributed by atoms with Crippen molar-refractivity contribution in [2.24, 2.45) is 0 Å². The third-order valence-electron chi connectivity index (χ3n) is 2.45. The molecule has 0 aliphatic carbocycles. The Hall–Kier alpha value is -1.67. The molecule has 1 aromatic carbocycles. The van der Waals surface area contributed by atoms with E-state index in [1.54, 1.807) is 6.07 Å². The Kier molecular flexibility index (Phi) is 3.02. The number of ether oxygens (including phenoxy) is 1. The summed E-state index contributed by atoms with van der Waals surface area (Å²) in [6.45, 7) is 1.44. The fraction of sp³-hybridized carbons (Fsp3) is 0.364. The normalized spacial score (nSPS) is 19.4. The Morgan fingerprint density at radius 2 is 2.19 bits per heavy atom. The molecule has 0 radical (unpaired) electrons. The van der Waals surface area contributed by atoms with Crippen LogP contribution in [0.25, 0.3) is 0 Å². The van der Waals surface area contributed by atoms with Gasteiger partial charge in [0.1, 0.15) is 18.0 Å². The topological polar surface area (TPSA) is 45.0 Å². The van der Waals surface area contributed by atoms with Crippen molar-refractivity contribution in [3.63, 3.8) is 0 Å². The van der Waals surface area contributed by atoms with Crippen molar-refractivity contribution in [1.29, 1.82) is 5.26 Å². The van der Waals surface area contributed by atoms with Crippen LogP contribution < -0.4 is 10.1 Å². The standard InChI is InChI=1S/C11H10F2N2O/c12-9-4-11(10(13)3-7(9)5-14)16-8-1-2-15-6-8/h3-4,8,15H,1-2,6H2/t8-/m1/s1. The summed E-state index contributed by atoms with van der Waals surface area (Å²) in [5.74, 6) is -1.60. The zero-order chi connectivity index (χ0) is 11.5. The quantitative estimate of drug-likeness (QED) is 0.829. The van der Waals surface area contributed by atoms with E-state index in [-0.39, 0.29) is 17.4 Å². The minimum Gasteiger partial charge on any atom is -0.486 e. The molecule has 1 fully saturated rings. The van der Waals surface area contributed by atoms with Crippen LogP contribution >= 0.6 is 0 Å². The second-order valence-electron chi connectivity index (χ2n) is 3.61. The van der Waals surface area contributed by atoms with Gasteiger partial charge < -0.3 is 10.1 Å². The molecule has 1 atom stereocenters. The zero-order valence-electron chi connectivity index (χ0n) is 8.46. The van der Waals surface area contributed by atoms with Crippen LogP contribution in [0.3, 0.4) is 0 Å². The molecule has 0 amide bonds. The number of benzene rings is 1. The molecule has 0 saturated carbocycles. The van der Waals surface area contributed by atoms with E-state index in [4.69, 9.17) is 10.00 Å². The van der Waals surface area contributed by atoms with Crippen LogP contribution in [0.5, 0.6) is 5.75 Å². The predicted octanol–water partition coefficient (Wildman–Crippen LogP) is 1.58. The van der Waals surface area contributed by atoms with Gasteiger partial charge in [0.15, 0.2) is 11.6 Å². The largest absolute Gasteiger partial charge is 0.486 e. The van der Waals surface area contributed by atoms with Crippen molar-refractivity contribution < 1.29 is 13.5 Å². The number of halogens is 2. The summed E-state index contributed by atoms with van der Waals surface area (Å²) in [7, 11) is 0. The molecule has 3 nitrogen and oxygen atoms in total. The number of nitriles is 1. The first kappa shape index (κ1) is 10.8. The summed E-state index contributed by atoms with van der Waals surface area (Å²) in [6.07, 6.45) is 0.628. The second kappa shape index (κ2) is 4.45. The fourth-order valence-corrected chi connectivity index (χ4v) is 1.61. The lowest BCUT2D eigenvalue weighted by atomic mass is 10.2. The average Bonchev–Trinajstić information content (AvgIpc) is 2.75. The monoisotopic (exact) mass is 224 g/mol. The van der Waals surface area contributed by atoms with Gasteiger partial charge in [-0.1, -0.05) is 0 Å². The first-order chi connectivity index (χ1) is 7.70. The average molecular weight is 224 g/mol. The van der Waals surface area contributed by atoms with Gasteiger partial charge in [-0.05, 0) is 19.0 Å². The highest BCUT2D eigenvalue weighted by Gasteiger charge is 2.19. The van der Waals surface area contributed by atoms with Crippen LogP contribution in [0.4, 0.5) is 8.78 Å². The van der Waals surface area contributed by atoms with E-state index in [2.05, 4.69) is 5.32 Å². The van der Waals surface area contributed by atoms with Crippen LogP contribution in [0, 0.1) is 23.0 Å². The van der Waals surface area contributed by atoms with Crippen molar-refractivity contribution in [3.8, 4) is 11.8 Å². The van der Waals surface area contributed by atoms with Gasteiger partial charge in [-0.15, -0.1) is 0 Å². The summed E-state index contributed by atoms with van der Waals surface area (Å²) in [5, 5.41) is 11.6. The first-order valence-electron chi connectivity index (χ1n) is 4.97. The Balaban J connectivity index is 2.21. The van der Waals surface area contributed by atoms with E-state index in [1.165, 1.54) is 0 Å². The van der Waals surface area contributed by atoms with Crippen molar-refractivity contribution in [3.05, 3.63) is 29.3 Å². The molecular formula is C11H10F2N2O. The van der Waals surface area contributed by atoms with Gasteiger partial charge in [0, 0.05) is 12.6 Å². The number of nitrogens with zero attached hydrogens (tertiary/aromatic N) is 1. The molecule has 1 aromatic rings. The molecule has 5 heteroatoms. The molecule has 0 aromatic heterocycles. The molecule has 0 bridgehead atoms. The summed E-state index contributed by atoms with van der Waals surface area (Å²) < 4.78 is 31.9. The number of hydrogen-bond acceptors (Lipinski definition) is 3. The molecule has 1 aliphatic heterocycles. The Labute approximate surface area is 91.6 Å². The van der Waals surface area contributed by atoms with Crippen molar-refractivity contribution in [2.75, 3.05) is 13.1 Å².